The van der Waals surface area contributed by atoms with Crippen LogP contribution >= 0.6 is 0 Å². The van der Waals surface area contributed by atoms with Crippen molar-refractivity contribution in [2.75, 3.05) is 13.7 Å². The van der Waals surface area contributed by atoms with Crippen LogP contribution in [0.15, 0.2) is 84.9 Å². The lowest BCUT2D eigenvalue weighted by molar-refractivity contribution is 0.106. The first kappa shape index (κ1) is 17.5. The Morgan fingerprint density at radius 3 is 2.07 bits per heavy atom. The molecule has 140 valence electrons. The fourth-order valence-electron chi connectivity index (χ4n) is 4.92. The van der Waals surface area contributed by atoms with E-state index in [1.165, 1.54) is 23.0 Å². The molecule has 5 rings (SSSR count). The third-order valence-electron chi connectivity index (χ3n) is 6.17. The highest BCUT2D eigenvalue weighted by Gasteiger charge is 2.58. The van der Waals surface area contributed by atoms with Gasteiger partial charge in [0.05, 0.1) is 7.11 Å². The second kappa shape index (κ2) is 7.12. The number of hydrogen-bond donors (Lipinski definition) is 0. The van der Waals surface area contributed by atoms with Crippen molar-refractivity contribution >= 4 is 12.5 Å². The molecule has 0 amide bonds. The number of rotatable bonds is 4. The monoisotopic (exact) mass is 369 g/mol. The van der Waals surface area contributed by atoms with Crippen LogP contribution in [0.1, 0.15) is 24.0 Å². The first-order chi connectivity index (χ1) is 13.8. The highest BCUT2D eigenvalue weighted by molar-refractivity contribution is 6.65. The lowest BCUT2D eigenvalue weighted by atomic mass is 9.72. The fraction of sp³-hybridized carbons (Fsp3) is 0.250. The van der Waals surface area contributed by atoms with Crippen molar-refractivity contribution in [1.29, 1.82) is 0 Å². The van der Waals surface area contributed by atoms with Crippen LogP contribution in [0.4, 0.5) is 0 Å². The third-order valence-corrected chi connectivity index (χ3v) is 6.17. The molecule has 0 aromatic heterocycles. The molecule has 0 N–H and O–H groups in total. The van der Waals surface area contributed by atoms with E-state index in [0.717, 1.165) is 18.7 Å². The van der Waals surface area contributed by atoms with E-state index in [4.69, 9.17) is 9.39 Å². The number of ether oxygens (including phenoxy) is 1. The molecule has 1 atom stereocenters. The number of benzene rings is 3. The first-order valence-electron chi connectivity index (χ1n) is 10.0. The standard InChI is InChI=1S/C24H24BNO2/c1-27-22-16-14-21(15-17-22)25-26-18-8-13-23(26)24(28-25,19-9-4-2-5-10-19)20-11-6-3-7-12-20/h2-7,9-12,14-17,23H,8,13,18H2,1H3/t23-/m0/s1. The molecule has 4 heteroatoms. The molecule has 0 saturated carbocycles. The Kier molecular flexibility index (Phi) is 4.46. The largest absolute Gasteiger partial charge is 0.497 e. The summed E-state index contributed by atoms with van der Waals surface area (Å²) < 4.78 is 12.4. The van der Waals surface area contributed by atoms with Crippen LogP contribution in [0.3, 0.4) is 0 Å². The molecule has 0 bridgehead atoms. The van der Waals surface area contributed by atoms with Crippen molar-refractivity contribution < 1.29 is 9.39 Å². The smallest absolute Gasteiger partial charge is 0.419 e. The average Bonchev–Trinajstić information content (AvgIpc) is 3.37. The molecular formula is C24H24BNO2. The Balaban J connectivity index is 1.65. The Morgan fingerprint density at radius 2 is 1.50 bits per heavy atom. The second-order valence-electron chi connectivity index (χ2n) is 7.61. The molecular weight excluding hydrogens is 345 g/mol. The summed E-state index contributed by atoms with van der Waals surface area (Å²) in [7, 11) is 1.65. The lowest BCUT2D eigenvalue weighted by Crippen LogP contribution is -2.45. The summed E-state index contributed by atoms with van der Waals surface area (Å²) in [5, 5.41) is 0. The maximum absolute atomic E-state index is 7.03. The van der Waals surface area contributed by atoms with Gasteiger partial charge in [-0.3, -0.25) is 0 Å². The van der Waals surface area contributed by atoms with Gasteiger partial charge in [-0.05, 0) is 48.1 Å². The highest BCUT2D eigenvalue weighted by Crippen LogP contribution is 2.48. The minimum absolute atomic E-state index is 0.0566. The summed E-state index contributed by atoms with van der Waals surface area (Å²) in [6.07, 6.45) is 2.33. The Labute approximate surface area is 167 Å². The highest BCUT2D eigenvalue weighted by atomic mass is 16.5. The van der Waals surface area contributed by atoms with Gasteiger partial charge in [-0.25, -0.2) is 0 Å². The molecule has 3 aromatic carbocycles. The van der Waals surface area contributed by atoms with E-state index in [1.807, 2.05) is 12.1 Å². The zero-order valence-electron chi connectivity index (χ0n) is 16.1. The normalized spacial score (nSPS) is 20.9. The molecule has 0 radical (unpaired) electrons. The van der Waals surface area contributed by atoms with E-state index in [2.05, 4.69) is 77.6 Å². The molecule has 0 aliphatic carbocycles. The van der Waals surface area contributed by atoms with Crippen molar-refractivity contribution in [1.82, 2.24) is 4.81 Å². The van der Waals surface area contributed by atoms with Gasteiger partial charge in [0.1, 0.15) is 11.4 Å². The Bertz CT molecular complexity index is 890. The SMILES string of the molecule is COc1ccc(B2OC(c3ccccc3)(c3ccccc3)[C@@H]3CCCN23)cc1. The zero-order valence-corrected chi connectivity index (χ0v) is 16.1. The number of nitrogens with zero attached hydrogens (tertiary/aromatic N) is 1. The third kappa shape index (κ3) is 2.68. The lowest BCUT2D eigenvalue weighted by Gasteiger charge is -2.36. The molecule has 28 heavy (non-hydrogen) atoms. The van der Waals surface area contributed by atoms with Gasteiger partial charge in [0.15, 0.2) is 0 Å². The summed E-state index contributed by atoms with van der Waals surface area (Å²) in [4.78, 5) is 2.54. The van der Waals surface area contributed by atoms with E-state index in [0.29, 0.717) is 6.04 Å². The minimum atomic E-state index is -0.455. The van der Waals surface area contributed by atoms with Gasteiger partial charge in [0, 0.05) is 6.04 Å². The number of hydrogen-bond acceptors (Lipinski definition) is 3. The molecule has 0 spiro atoms. The molecule has 2 aliphatic rings. The maximum Gasteiger partial charge on any atom is 0.419 e. The van der Waals surface area contributed by atoms with Gasteiger partial charge in [-0.15, -0.1) is 0 Å². The van der Waals surface area contributed by atoms with Crippen LogP contribution in [0.25, 0.3) is 0 Å². The number of fused-ring (bicyclic) bond motifs is 1. The molecule has 3 aromatic rings. The van der Waals surface area contributed by atoms with E-state index < -0.39 is 5.60 Å². The molecule has 2 fully saturated rings. The van der Waals surface area contributed by atoms with Crippen LogP contribution < -0.4 is 10.2 Å². The van der Waals surface area contributed by atoms with Crippen molar-refractivity contribution in [2.24, 2.45) is 0 Å². The summed E-state index contributed by atoms with van der Waals surface area (Å²) in [6, 6.07) is 30.1. The summed E-state index contributed by atoms with van der Waals surface area (Å²) >= 11 is 0. The molecule has 0 unspecified atom stereocenters. The van der Waals surface area contributed by atoms with E-state index in [9.17, 15) is 0 Å². The first-order valence-corrected chi connectivity index (χ1v) is 10.0. The van der Waals surface area contributed by atoms with Crippen LogP contribution in [0, 0.1) is 0 Å². The van der Waals surface area contributed by atoms with Crippen LogP contribution in [-0.2, 0) is 10.3 Å². The molecule has 3 nitrogen and oxygen atoms in total. The predicted molar refractivity (Wildman–Crippen MR) is 113 cm³/mol. The second-order valence-corrected chi connectivity index (χ2v) is 7.61. The average molecular weight is 369 g/mol. The van der Waals surface area contributed by atoms with Gasteiger partial charge < -0.3 is 14.2 Å². The van der Waals surface area contributed by atoms with Gasteiger partial charge >= 0.3 is 7.05 Å². The molecule has 2 aliphatic heterocycles. The van der Waals surface area contributed by atoms with Crippen molar-refractivity contribution in [3.8, 4) is 5.75 Å². The van der Waals surface area contributed by atoms with Crippen LogP contribution in [-0.4, -0.2) is 31.6 Å². The molecule has 2 saturated heterocycles. The topological polar surface area (TPSA) is 21.7 Å². The summed E-state index contributed by atoms with van der Waals surface area (Å²) in [5.74, 6) is 0.872. The van der Waals surface area contributed by atoms with E-state index in [-0.39, 0.29) is 7.05 Å². The Morgan fingerprint density at radius 1 is 0.893 bits per heavy atom. The van der Waals surface area contributed by atoms with Gasteiger partial charge in [-0.1, -0.05) is 72.8 Å². The summed E-state index contributed by atoms with van der Waals surface area (Å²) in [6.45, 7) is 1.06. The van der Waals surface area contributed by atoms with E-state index in [1.54, 1.807) is 7.11 Å². The predicted octanol–water partition coefficient (Wildman–Crippen LogP) is 3.83. The van der Waals surface area contributed by atoms with Gasteiger partial charge in [0.2, 0.25) is 0 Å². The Hall–Kier alpha value is -2.56. The number of methoxy groups -OCH3 is 1. The van der Waals surface area contributed by atoms with Crippen molar-refractivity contribution in [2.45, 2.75) is 24.5 Å². The fourth-order valence-corrected chi connectivity index (χ4v) is 4.92. The minimum Gasteiger partial charge on any atom is -0.497 e. The molecule has 2 heterocycles. The zero-order chi connectivity index (χ0) is 19.0. The van der Waals surface area contributed by atoms with E-state index >= 15 is 0 Å². The maximum atomic E-state index is 7.03. The van der Waals surface area contributed by atoms with Crippen molar-refractivity contribution in [3.63, 3.8) is 0 Å². The summed E-state index contributed by atoms with van der Waals surface area (Å²) in [5.41, 5.74) is 3.19. The van der Waals surface area contributed by atoms with Gasteiger partial charge in [0.25, 0.3) is 0 Å². The van der Waals surface area contributed by atoms with Crippen molar-refractivity contribution in [3.05, 3.63) is 96.1 Å². The van der Waals surface area contributed by atoms with Gasteiger partial charge in [-0.2, -0.15) is 0 Å². The quantitative estimate of drug-likeness (QED) is 0.653. The van der Waals surface area contributed by atoms with Crippen LogP contribution in [0.5, 0.6) is 5.75 Å². The van der Waals surface area contributed by atoms with Crippen LogP contribution in [0.2, 0.25) is 0 Å².